The summed E-state index contributed by atoms with van der Waals surface area (Å²) in [5, 5.41) is 0. The molecule has 0 spiro atoms. The highest BCUT2D eigenvalue weighted by Gasteiger charge is 1.96. The van der Waals surface area contributed by atoms with Crippen LogP contribution >= 0.6 is 0 Å². The maximum atomic E-state index is 10.4. The molecular formula is C11H14O4. The fourth-order valence-corrected chi connectivity index (χ4v) is 1.01. The molecule has 1 rings (SSSR count). The monoisotopic (exact) mass is 210 g/mol. The summed E-state index contributed by atoms with van der Waals surface area (Å²) in [7, 11) is 1.62. The van der Waals surface area contributed by atoms with Crippen LogP contribution in [0.5, 0.6) is 5.75 Å². The average molecular weight is 210 g/mol. The van der Waals surface area contributed by atoms with Crippen molar-refractivity contribution in [2.45, 2.75) is 13.5 Å². The highest BCUT2D eigenvalue weighted by Crippen LogP contribution is 2.11. The predicted octanol–water partition coefficient (Wildman–Crippen LogP) is 1.73. The van der Waals surface area contributed by atoms with Crippen molar-refractivity contribution in [2.75, 3.05) is 13.9 Å². The third kappa shape index (κ3) is 4.46. The first kappa shape index (κ1) is 11.5. The molecule has 0 radical (unpaired) electrons. The largest absolute Gasteiger partial charge is 0.497 e. The summed E-state index contributed by atoms with van der Waals surface area (Å²) in [6.07, 6.45) is 0. The van der Waals surface area contributed by atoms with Crippen LogP contribution in [-0.4, -0.2) is 19.9 Å². The molecule has 4 nitrogen and oxygen atoms in total. The van der Waals surface area contributed by atoms with Gasteiger partial charge in [0.25, 0.3) is 0 Å². The number of hydrogen-bond donors (Lipinski definition) is 0. The van der Waals surface area contributed by atoms with Gasteiger partial charge in [0.05, 0.1) is 13.7 Å². The Kier molecular flexibility index (Phi) is 4.63. The molecule has 82 valence electrons. The van der Waals surface area contributed by atoms with Crippen molar-refractivity contribution in [2.24, 2.45) is 0 Å². The van der Waals surface area contributed by atoms with Gasteiger partial charge in [0.2, 0.25) is 0 Å². The van der Waals surface area contributed by atoms with Crippen molar-refractivity contribution < 1.29 is 19.0 Å². The van der Waals surface area contributed by atoms with Crippen LogP contribution in [-0.2, 0) is 20.9 Å². The van der Waals surface area contributed by atoms with E-state index in [-0.39, 0.29) is 12.8 Å². The Morgan fingerprint density at radius 1 is 1.27 bits per heavy atom. The Morgan fingerprint density at radius 3 is 2.47 bits per heavy atom. The Balaban J connectivity index is 2.28. The number of hydrogen-bond acceptors (Lipinski definition) is 4. The van der Waals surface area contributed by atoms with Gasteiger partial charge in [0, 0.05) is 6.92 Å². The molecule has 1 aromatic rings. The number of methoxy groups -OCH3 is 1. The Hall–Kier alpha value is -1.55. The van der Waals surface area contributed by atoms with Gasteiger partial charge in [-0.3, -0.25) is 4.79 Å². The molecule has 4 heteroatoms. The predicted molar refractivity (Wildman–Crippen MR) is 54.4 cm³/mol. The van der Waals surface area contributed by atoms with Crippen LogP contribution in [0.4, 0.5) is 0 Å². The molecule has 1 aromatic carbocycles. The van der Waals surface area contributed by atoms with Crippen LogP contribution < -0.4 is 4.74 Å². The van der Waals surface area contributed by atoms with Crippen molar-refractivity contribution >= 4 is 5.97 Å². The van der Waals surface area contributed by atoms with Crippen LogP contribution in [0, 0.1) is 0 Å². The van der Waals surface area contributed by atoms with E-state index >= 15 is 0 Å². The molecule has 0 unspecified atom stereocenters. The number of ether oxygens (including phenoxy) is 3. The minimum absolute atomic E-state index is 0.0125. The van der Waals surface area contributed by atoms with Gasteiger partial charge in [-0.15, -0.1) is 0 Å². The van der Waals surface area contributed by atoms with Crippen molar-refractivity contribution in [3.05, 3.63) is 29.8 Å². The molecule has 0 fully saturated rings. The van der Waals surface area contributed by atoms with E-state index in [1.54, 1.807) is 7.11 Å². The number of rotatable bonds is 5. The summed E-state index contributed by atoms with van der Waals surface area (Å²) in [6, 6.07) is 7.49. The van der Waals surface area contributed by atoms with Crippen LogP contribution in [0.1, 0.15) is 12.5 Å². The van der Waals surface area contributed by atoms with Gasteiger partial charge in [0.1, 0.15) is 5.75 Å². The molecule has 0 aromatic heterocycles. The molecule has 0 aliphatic heterocycles. The molecular weight excluding hydrogens is 196 g/mol. The van der Waals surface area contributed by atoms with Gasteiger partial charge in [-0.05, 0) is 17.7 Å². The van der Waals surface area contributed by atoms with E-state index < -0.39 is 0 Å². The third-order valence-corrected chi connectivity index (χ3v) is 1.77. The Morgan fingerprint density at radius 2 is 1.93 bits per heavy atom. The zero-order valence-electron chi connectivity index (χ0n) is 8.86. The van der Waals surface area contributed by atoms with Crippen molar-refractivity contribution in [1.82, 2.24) is 0 Å². The van der Waals surface area contributed by atoms with Gasteiger partial charge in [-0.2, -0.15) is 0 Å². The highest BCUT2D eigenvalue weighted by molar-refractivity contribution is 5.65. The van der Waals surface area contributed by atoms with Gasteiger partial charge < -0.3 is 14.2 Å². The van der Waals surface area contributed by atoms with Crippen LogP contribution in [0.3, 0.4) is 0 Å². The summed E-state index contributed by atoms with van der Waals surface area (Å²) in [4.78, 5) is 10.4. The minimum Gasteiger partial charge on any atom is -0.497 e. The number of carbonyl (C=O) groups is 1. The van der Waals surface area contributed by atoms with Crippen molar-refractivity contribution in [3.63, 3.8) is 0 Å². The van der Waals surface area contributed by atoms with E-state index in [2.05, 4.69) is 4.74 Å². The molecule has 0 atom stereocenters. The smallest absolute Gasteiger partial charge is 0.304 e. The Labute approximate surface area is 88.8 Å². The average Bonchev–Trinajstić information content (AvgIpc) is 2.25. The lowest BCUT2D eigenvalue weighted by Gasteiger charge is -2.05. The van der Waals surface area contributed by atoms with E-state index in [1.807, 2.05) is 24.3 Å². The molecule has 0 N–H and O–H groups in total. The number of benzene rings is 1. The lowest BCUT2D eigenvalue weighted by molar-refractivity contribution is -0.154. The van der Waals surface area contributed by atoms with E-state index in [9.17, 15) is 4.79 Å². The highest BCUT2D eigenvalue weighted by atomic mass is 16.7. The maximum absolute atomic E-state index is 10.4. The van der Waals surface area contributed by atoms with Crippen LogP contribution in [0.25, 0.3) is 0 Å². The standard InChI is InChI=1S/C11H14O4/c1-9(12)15-8-14-7-10-3-5-11(13-2)6-4-10/h3-6H,7-8H2,1-2H3. The van der Waals surface area contributed by atoms with E-state index in [0.29, 0.717) is 6.61 Å². The quantitative estimate of drug-likeness (QED) is 0.422. The topological polar surface area (TPSA) is 44.8 Å². The first-order chi connectivity index (χ1) is 7.22. The van der Waals surface area contributed by atoms with Crippen LogP contribution in [0.15, 0.2) is 24.3 Å². The summed E-state index contributed by atoms with van der Waals surface area (Å²) < 4.78 is 14.8. The molecule has 15 heavy (non-hydrogen) atoms. The van der Waals surface area contributed by atoms with Crippen molar-refractivity contribution in [1.29, 1.82) is 0 Å². The third-order valence-electron chi connectivity index (χ3n) is 1.77. The summed E-state index contributed by atoms with van der Waals surface area (Å²) in [5.41, 5.74) is 1.00. The van der Waals surface area contributed by atoms with Gasteiger partial charge in [-0.1, -0.05) is 12.1 Å². The van der Waals surface area contributed by atoms with Gasteiger partial charge >= 0.3 is 5.97 Å². The molecule has 0 aliphatic rings. The normalized spacial score (nSPS) is 9.73. The zero-order valence-corrected chi connectivity index (χ0v) is 8.86. The molecule has 0 saturated carbocycles. The lowest BCUT2D eigenvalue weighted by atomic mass is 10.2. The van der Waals surface area contributed by atoms with E-state index in [1.165, 1.54) is 6.92 Å². The second-order valence-electron chi connectivity index (χ2n) is 2.95. The molecule has 0 aliphatic carbocycles. The maximum Gasteiger partial charge on any atom is 0.304 e. The lowest BCUT2D eigenvalue weighted by Crippen LogP contribution is -2.04. The zero-order chi connectivity index (χ0) is 11.1. The molecule has 0 heterocycles. The van der Waals surface area contributed by atoms with Gasteiger partial charge in [0.15, 0.2) is 6.79 Å². The summed E-state index contributed by atoms with van der Waals surface area (Å²) >= 11 is 0. The van der Waals surface area contributed by atoms with Crippen LogP contribution in [0.2, 0.25) is 0 Å². The summed E-state index contributed by atoms with van der Waals surface area (Å²) in [6.45, 7) is 1.75. The minimum atomic E-state index is -0.343. The SMILES string of the molecule is COc1ccc(COCOC(C)=O)cc1. The summed E-state index contributed by atoms with van der Waals surface area (Å²) in [5.74, 6) is 0.462. The first-order valence-corrected chi connectivity index (χ1v) is 4.56. The van der Waals surface area contributed by atoms with Gasteiger partial charge in [-0.25, -0.2) is 0 Å². The van der Waals surface area contributed by atoms with Crippen molar-refractivity contribution in [3.8, 4) is 5.75 Å². The fraction of sp³-hybridized carbons (Fsp3) is 0.364. The Bertz CT molecular complexity index is 305. The second-order valence-corrected chi connectivity index (χ2v) is 2.95. The fourth-order valence-electron chi connectivity index (χ4n) is 1.01. The first-order valence-electron chi connectivity index (χ1n) is 4.56. The second kappa shape index (κ2) is 6.03. The number of carbonyl (C=O) groups excluding carboxylic acids is 1. The van der Waals surface area contributed by atoms with E-state index in [0.717, 1.165) is 11.3 Å². The van der Waals surface area contributed by atoms with E-state index in [4.69, 9.17) is 9.47 Å². The molecule has 0 bridgehead atoms. The molecule has 0 amide bonds. The molecule has 0 saturated heterocycles. The number of esters is 1.